The van der Waals surface area contributed by atoms with Crippen LogP contribution in [0.3, 0.4) is 0 Å². The third-order valence-corrected chi connectivity index (χ3v) is 2.80. The minimum absolute atomic E-state index is 0.438. The number of Topliss-reactive ketones (excluding diaryl/α,β-unsaturated/α-hetero) is 1. The maximum Gasteiger partial charge on any atom is 0.132 e. The van der Waals surface area contributed by atoms with Crippen LogP contribution in [0.5, 0.6) is 0 Å². The Morgan fingerprint density at radius 1 is 1.08 bits per heavy atom. The van der Waals surface area contributed by atoms with Crippen molar-refractivity contribution in [2.75, 3.05) is 7.11 Å². The monoisotopic (exact) mass is 184 g/mol. The molecule has 0 amide bonds. The van der Waals surface area contributed by atoms with Crippen molar-refractivity contribution in [1.82, 2.24) is 0 Å². The second kappa shape index (κ2) is 6.14. The summed E-state index contributed by atoms with van der Waals surface area (Å²) in [5, 5.41) is 0. The second-order valence-electron chi connectivity index (χ2n) is 3.89. The lowest BCUT2D eigenvalue weighted by molar-refractivity contribution is -0.119. The minimum Gasteiger partial charge on any atom is -0.381 e. The fraction of sp³-hybridized carbons (Fsp3) is 0.909. The number of methoxy groups -OCH3 is 1. The van der Waals surface area contributed by atoms with Gasteiger partial charge in [0.2, 0.25) is 0 Å². The highest BCUT2D eigenvalue weighted by atomic mass is 16.5. The number of ketones is 1. The lowest BCUT2D eigenvalue weighted by Crippen LogP contribution is -2.12. The summed E-state index contributed by atoms with van der Waals surface area (Å²) in [6.07, 6.45) is 8.67. The predicted molar refractivity (Wildman–Crippen MR) is 52.7 cm³/mol. The van der Waals surface area contributed by atoms with Gasteiger partial charge in [-0.15, -0.1) is 0 Å². The molecule has 0 aromatic rings. The van der Waals surface area contributed by atoms with E-state index in [-0.39, 0.29) is 0 Å². The Morgan fingerprint density at radius 2 is 1.62 bits per heavy atom. The highest BCUT2D eigenvalue weighted by Crippen LogP contribution is 2.16. The first kappa shape index (κ1) is 10.7. The van der Waals surface area contributed by atoms with E-state index in [0.29, 0.717) is 11.9 Å². The first-order valence-electron chi connectivity index (χ1n) is 5.37. The SMILES string of the molecule is COC1CCCCC(=O)CCCC1. The molecule has 0 aliphatic heterocycles. The Balaban J connectivity index is 2.28. The van der Waals surface area contributed by atoms with E-state index in [2.05, 4.69) is 0 Å². The molecule has 0 bridgehead atoms. The van der Waals surface area contributed by atoms with E-state index in [4.69, 9.17) is 4.74 Å². The van der Waals surface area contributed by atoms with Crippen LogP contribution in [0, 0.1) is 0 Å². The van der Waals surface area contributed by atoms with E-state index in [1.54, 1.807) is 7.11 Å². The smallest absolute Gasteiger partial charge is 0.132 e. The summed E-state index contributed by atoms with van der Waals surface area (Å²) in [6.45, 7) is 0. The number of hydrogen-bond acceptors (Lipinski definition) is 2. The Labute approximate surface area is 80.7 Å². The molecule has 1 aliphatic rings. The molecule has 1 saturated carbocycles. The van der Waals surface area contributed by atoms with Crippen molar-refractivity contribution >= 4 is 5.78 Å². The number of hydrogen-bond donors (Lipinski definition) is 0. The molecule has 1 rings (SSSR count). The molecule has 0 saturated heterocycles. The quantitative estimate of drug-likeness (QED) is 0.626. The van der Waals surface area contributed by atoms with Gasteiger partial charge in [-0.05, 0) is 25.7 Å². The van der Waals surface area contributed by atoms with Crippen LogP contribution in [-0.2, 0) is 9.53 Å². The van der Waals surface area contributed by atoms with Crippen LogP contribution in [0.4, 0.5) is 0 Å². The van der Waals surface area contributed by atoms with Gasteiger partial charge in [0.25, 0.3) is 0 Å². The third-order valence-electron chi connectivity index (χ3n) is 2.80. The summed E-state index contributed by atoms with van der Waals surface area (Å²) >= 11 is 0. The molecule has 13 heavy (non-hydrogen) atoms. The van der Waals surface area contributed by atoms with Gasteiger partial charge in [0.15, 0.2) is 0 Å². The second-order valence-corrected chi connectivity index (χ2v) is 3.89. The zero-order valence-electron chi connectivity index (χ0n) is 8.55. The van der Waals surface area contributed by atoms with Crippen LogP contribution >= 0.6 is 0 Å². The Bertz CT molecular complexity index is 140. The molecule has 0 unspecified atom stereocenters. The molecule has 0 heterocycles. The third kappa shape index (κ3) is 4.41. The molecule has 2 nitrogen and oxygen atoms in total. The number of carbonyl (C=O) groups excluding carboxylic acids is 1. The van der Waals surface area contributed by atoms with E-state index in [9.17, 15) is 4.79 Å². The van der Waals surface area contributed by atoms with Gasteiger partial charge in [-0.3, -0.25) is 4.79 Å². The average molecular weight is 184 g/mol. The molecule has 2 heteroatoms. The van der Waals surface area contributed by atoms with Crippen LogP contribution in [-0.4, -0.2) is 19.0 Å². The van der Waals surface area contributed by atoms with Crippen molar-refractivity contribution in [2.45, 2.75) is 57.5 Å². The first-order valence-corrected chi connectivity index (χ1v) is 5.37. The average Bonchev–Trinajstić information content (AvgIpc) is 2.16. The van der Waals surface area contributed by atoms with Crippen molar-refractivity contribution in [3.8, 4) is 0 Å². The van der Waals surface area contributed by atoms with Gasteiger partial charge in [0, 0.05) is 20.0 Å². The van der Waals surface area contributed by atoms with E-state index < -0.39 is 0 Å². The van der Waals surface area contributed by atoms with Crippen molar-refractivity contribution in [3.63, 3.8) is 0 Å². The van der Waals surface area contributed by atoms with Crippen LogP contribution in [0.15, 0.2) is 0 Å². The standard InChI is InChI=1S/C11H20O2/c1-13-11-8-4-2-6-10(12)7-3-5-9-11/h11H,2-9H2,1H3. The molecule has 0 N–H and O–H groups in total. The molecule has 0 spiro atoms. The number of rotatable bonds is 1. The molecule has 0 radical (unpaired) electrons. The normalized spacial score (nSPS) is 23.0. The highest BCUT2D eigenvalue weighted by molar-refractivity contribution is 5.78. The molecule has 0 aromatic carbocycles. The molecule has 0 atom stereocenters. The van der Waals surface area contributed by atoms with Crippen LogP contribution in [0.2, 0.25) is 0 Å². The molecule has 1 fully saturated rings. The van der Waals surface area contributed by atoms with Gasteiger partial charge in [0.1, 0.15) is 5.78 Å². The Kier molecular flexibility index (Phi) is 5.06. The maximum absolute atomic E-state index is 11.2. The lowest BCUT2D eigenvalue weighted by atomic mass is 9.98. The fourth-order valence-electron chi connectivity index (χ4n) is 1.89. The van der Waals surface area contributed by atoms with Crippen LogP contribution in [0.1, 0.15) is 51.4 Å². The summed E-state index contributed by atoms with van der Waals surface area (Å²) < 4.78 is 5.36. The summed E-state index contributed by atoms with van der Waals surface area (Å²) in [4.78, 5) is 11.2. The van der Waals surface area contributed by atoms with Crippen LogP contribution < -0.4 is 0 Å². The van der Waals surface area contributed by atoms with Gasteiger partial charge < -0.3 is 4.74 Å². The van der Waals surface area contributed by atoms with E-state index in [1.807, 2.05) is 0 Å². The largest absolute Gasteiger partial charge is 0.381 e. The van der Waals surface area contributed by atoms with Crippen molar-refractivity contribution in [3.05, 3.63) is 0 Å². The number of ether oxygens (including phenoxy) is 1. The summed E-state index contributed by atoms with van der Waals surface area (Å²) in [6, 6.07) is 0. The summed E-state index contributed by atoms with van der Waals surface area (Å²) in [7, 11) is 1.79. The number of carbonyl (C=O) groups is 1. The highest BCUT2D eigenvalue weighted by Gasteiger charge is 2.10. The molecular weight excluding hydrogens is 164 g/mol. The van der Waals surface area contributed by atoms with Gasteiger partial charge in [-0.1, -0.05) is 12.8 Å². The van der Waals surface area contributed by atoms with E-state index in [1.165, 1.54) is 0 Å². The lowest BCUT2D eigenvalue weighted by Gasteiger charge is -2.16. The molecule has 76 valence electrons. The van der Waals surface area contributed by atoms with Gasteiger partial charge >= 0.3 is 0 Å². The van der Waals surface area contributed by atoms with Crippen molar-refractivity contribution in [1.29, 1.82) is 0 Å². The zero-order valence-corrected chi connectivity index (χ0v) is 8.55. The first-order chi connectivity index (χ1) is 6.33. The maximum atomic E-state index is 11.2. The van der Waals surface area contributed by atoms with Crippen molar-refractivity contribution in [2.24, 2.45) is 0 Å². The van der Waals surface area contributed by atoms with Gasteiger partial charge in [-0.25, -0.2) is 0 Å². The summed E-state index contributed by atoms with van der Waals surface area (Å²) in [5.41, 5.74) is 0. The van der Waals surface area contributed by atoms with Gasteiger partial charge in [0.05, 0.1) is 6.10 Å². The fourth-order valence-corrected chi connectivity index (χ4v) is 1.89. The molecular formula is C11H20O2. The predicted octanol–water partition coefficient (Wildman–Crippen LogP) is 2.70. The van der Waals surface area contributed by atoms with Crippen LogP contribution in [0.25, 0.3) is 0 Å². The molecule has 1 aliphatic carbocycles. The van der Waals surface area contributed by atoms with E-state index in [0.717, 1.165) is 51.4 Å². The van der Waals surface area contributed by atoms with E-state index >= 15 is 0 Å². The summed E-state index contributed by atoms with van der Waals surface area (Å²) in [5.74, 6) is 0.455. The zero-order chi connectivity index (χ0) is 9.52. The Morgan fingerprint density at radius 3 is 2.08 bits per heavy atom. The van der Waals surface area contributed by atoms with Gasteiger partial charge in [-0.2, -0.15) is 0 Å². The van der Waals surface area contributed by atoms with Crippen molar-refractivity contribution < 1.29 is 9.53 Å². The Hall–Kier alpha value is -0.370. The minimum atomic E-state index is 0.438. The topological polar surface area (TPSA) is 26.3 Å². The molecule has 0 aromatic heterocycles.